The molecular formula is C31H36F3N5O2. The van der Waals surface area contributed by atoms with Gasteiger partial charge in [-0.2, -0.15) is 13.2 Å². The molecule has 10 heteroatoms. The molecular weight excluding hydrogens is 531 g/mol. The van der Waals surface area contributed by atoms with Crippen LogP contribution in [0.15, 0.2) is 71.0 Å². The second-order valence-corrected chi connectivity index (χ2v) is 11.2. The fraction of sp³-hybridized carbons (Fsp3) is 0.355. The zero-order valence-electron chi connectivity index (χ0n) is 23.9. The minimum atomic E-state index is -4.38. The quantitative estimate of drug-likeness (QED) is 0.0801. The Hall–Kier alpha value is -4.21. The van der Waals surface area contributed by atoms with E-state index in [9.17, 15) is 18.0 Å². The highest BCUT2D eigenvalue weighted by molar-refractivity contribution is 5.96. The lowest BCUT2D eigenvalue weighted by atomic mass is 9.88. The number of carbonyl (C=O) groups excluding carboxylic acids is 1. The number of amides is 1. The monoisotopic (exact) mass is 567 g/mol. The summed E-state index contributed by atoms with van der Waals surface area (Å²) in [6, 6.07) is 16.1. The third kappa shape index (κ3) is 8.89. The highest BCUT2D eigenvalue weighted by Gasteiger charge is 2.30. The maximum atomic E-state index is 13.0. The highest BCUT2D eigenvalue weighted by Crippen LogP contribution is 2.37. The summed E-state index contributed by atoms with van der Waals surface area (Å²) in [4.78, 5) is 12.5. The SMILES string of the molecule is Cc1cc(OC(CCC(C)(C)C)c2ccc(C(=O)NCC(=N)N=NN)cc2)cc(C)c1-c1ccc(C(F)(F)F)cc1. The Morgan fingerprint density at radius 2 is 1.59 bits per heavy atom. The standard InChI is InChI=1S/C31H36F3N5O2/c1-19-16-25(17-20(2)28(19)22-10-12-24(13-11-22)31(32,33)34)41-26(14-15-30(3,4)5)21-6-8-23(9-7-21)29(40)37-18-27(35)38-39-36/h6-13,16-17,26H,14-15,18H2,1-5H3,(H,37,40)(H3,35,36,38). The van der Waals surface area contributed by atoms with E-state index in [4.69, 9.17) is 16.0 Å². The number of nitrogens with zero attached hydrogens (tertiary/aromatic N) is 2. The van der Waals surface area contributed by atoms with Crippen LogP contribution in [0.1, 0.15) is 72.3 Å². The van der Waals surface area contributed by atoms with Crippen LogP contribution in [0.4, 0.5) is 13.2 Å². The molecule has 1 unspecified atom stereocenters. The number of nitrogens with one attached hydrogen (secondary N) is 2. The minimum absolute atomic E-state index is 0.0744. The van der Waals surface area contributed by atoms with Gasteiger partial charge in [-0.3, -0.25) is 10.2 Å². The van der Waals surface area contributed by atoms with Crippen molar-refractivity contribution in [3.05, 3.63) is 88.5 Å². The third-order valence-electron chi connectivity index (χ3n) is 6.58. The average molecular weight is 568 g/mol. The van der Waals surface area contributed by atoms with Crippen LogP contribution in [0.2, 0.25) is 0 Å². The Morgan fingerprint density at radius 1 is 1.00 bits per heavy atom. The van der Waals surface area contributed by atoms with Gasteiger partial charge < -0.3 is 15.9 Å². The molecule has 0 radical (unpaired) electrons. The fourth-order valence-electron chi connectivity index (χ4n) is 4.52. The normalized spacial score (nSPS) is 12.8. The lowest BCUT2D eigenvalue weighted by molar-refractivity contribution is -0.137. The van der Waals surface area contributed by atoms with Crippen LogP contribution < -0.4 is 15.9 Å². The van der Waals surface area contributed by atoms with Gasteiger partial charge in [0.2, 0.25) is 0 Å². The Morgan fingerprint density at radius 3 is 2.10 bits per heavy atom. The Kier molecular flexibility index (Phi) is 9.91. The van der Waals surface area contributed by atoms with Crippen LogP contribution >= 0.6 is 0 Å². The molecule has 0 aliphatic rings. The number of rotatable bonds is 9. The molecule has 41 heavy (non-hydrogen) atoms. The molecule has 0 bridgehead atoms. The van der Waals surface area contributed by atoms with Crippen molar-refractivity contribution in [2.45, 2.75) is 59.7 Å². The molecule has 1 atom stereocenters. The number of amidine groups is 1. The van der Waals surface area contributed by atoms with Gasteiger partial charge in [-0.15, -0.1) is 5.11 Å². The number of hydrogen-bond acceptors (Lipinski definition) is 4. The number of aryl methyl sites for hydroxylation is 2. The van der Waals surface area contributed by atoms with Gasteiger partial charge in [-0.05, 0) is 96.3 Å². The Balaban J connectivity index is 1.84. The predicted octanol–water partition coefficient (Wildman–Crippen LogP) is 7.97. The second kappa shape index (κ2) is 13.0. The Labute approximate surface area is 238 Å². The number of carbonyl (C=O) groups is 1. The number of alkyl halides is 3. The number of hydrogen-bond donors (Lipinski definition) is 3. The molecule has 0 heterocycles. The van der Waals surface area contributed by atoms with E-state index >= 15 is 0 Å². The zero-order valence-corrected chi connectivity index (χ0v) is 23.9. The van der Waals surface area contributed by atoms with Crippen LogP contribution in [0.25, 0.3) is 11.1 Å². The van der Waals surface area contributed by atoms with Crippen LogP contribution in [0.5, 0.6) is 5.75 Å². The van der Waals surface area contributed by atoms with Crippen molar-refractivity contribution in [3.63, 3.8) is 0 Å². The molecule has 7 nitrogen and oxygen atoms in total. The summed E-state index contributed by atoms with van der Waals surface area (Å²) in [5.74, 6) is 5.06. The van der Waals surface area contributed by atoms with Crippen molar-refractivity contribution in [1.29, 1.82) is 5.41 Å². The van der Waals surface area contributed by atoms with Gasteiger partial charge in [0.1, 0.15) is 11.9 Å². The maximum Gasteiger partial charge on any atom is 0.416 e. The lowest BCUT2D eigenvalue weighted by Gasteiger charge is -2.25. The van der Waals surface area contributed by atoms with Crippen molar-refractivity contribution >= 4 is 11.7 Å². The van der Waals surface area contributed by atoms with E-state index in [2.05, 4.69) is 36.4 Å². The average Bonchev–Trinajstić information content (AvgIpc) is 2.89. The van der Waals surface area contributed by atoms with E-state index in [0.29, 0.717) is 16.9 Å². The van der Waals surface area contributed by atoms with Crippen molar-refractivity contribution in [2.75, 3.05) is 6.54 Å². The van der Waals surface area contributed by atoms with E-state index < -0.39 is 11.7 Å². The lowest BCUT2D eigenvalue weighted by Crippen LogP contribution is -2.28. The van der Waals surface area contributed by atoms with Gasteiger partial charge in [-0.1, -0.05) is 50.3 Å². The fourth-order valence-corrected chi connectivity index (χ4v) is 4.52. The van der Waals surface area contributed by atoms with E-state index in [0.717, 1.165) is 47.2 Å². The molecule has 0 saturated heterocycles. The molecule has 3 aromatic carbocycles. The molecule has 4 N–H and O–H groups in total. The Bertz CT molecular complexity index is 1370. The van der Waals surface area contributed by atoms with Crippen molar-refractivity contribution < 1.29 is 22.7 Å². The zero-order chi connectivity index (χ0) is 30.4. The van der Waals surface area contributed by atoms with Crippen LogP contribution in [-0.4, -0.2) is 18.3 Å². The molecule has 3 aromatic rings. The van der Waals surface area contributed by atoms with Crippen LogP contribution in [0.3, 0.4) is 0 Å². The summed E-state index contributed by atoms with van der Waals surface area (Å²) in [6.45, 7) is 10.2. The maximum absolute atomic E-state index is 13.0. The summed E-state index contributed by atoms with van der Waals surface area (Å²) < 4.78 is 45.6. The van der Waals surface area contributed by atoms with Gasteiger partial charge in [0.25, 0.3) is 5.91 Å². The van der Waals surface area contributed by atoms with Gasteiger partial charge in [0.05, 0.1) is 12.1 Å². The van der Waals surface area contributed by atoms with Gasteiger partial charge in [-0.25, -0.2) is 0 Å². The van der Waals surface area contributed by atoms with Crippen molar-refractivity contribution in [3.8, 4) is 16.9 Å². The summed E-state index contributed by atoms with van der Waals surface area (Å²) >= 11 is 0. The van der Waals surface area contributed by atoms with Crippen LogP contribution in [-0.2, 0) is 6.18 Å². The molecule has 0 aliphatic heterocycles. The first kappa shape index (κ1) is 31.3. The van der Waals surface area contributed by atoms with Crippen LogP contribution in [0, 0.1) is 24.7 Å². The number of ether oxygens (including phenoxy) is 1. The molecule has 1 amide bonds. The molecule has 0 spiro atoms. The number of benzene rings is 3. The van der Waals surface area contributed by atoms with Crippen molar-refractivity contribution in [1.82, 2.24) is 5.32 Å². The first-order chi connectivity index (χ1) is 19.2. The summed E-state index contributed by atoms with van der Waals surface area (Å²) in [5, 5.41) is 16.5. The highest BCUT2D eigenvalue weighted by atomic mass is 19.4. The second-order valence-electron chi connectivity index (χ2n) is 11.2. The molecule has 0 saturated carbocycles. The third-order valence-corrected chi connectivity index (χ3v) is 6.58. The molecule has 3 rings (SSSR count). The van der Waals surface area contributed by atoms with E-state index in [1.807, 2.05) is 38.1 Å². The predicted molar refractivity (Wildman–Crippen MR) is 154 cm³/mol. The summed E-state index contributed by atoms with van der Waals surface area (Å²) in [5.41, 5.74) is 4.07. The summed E-state index contributed by atoms with van der Waals surface area (Å²) in [7, 11) is 0. The smallest absolute Gasteiger partial charge is 0.416 e. The van der Waals surface area contributed by atoms with E-state index in [1.165, 1.54) is 12.1 Å². The molecule has 0 aromatic heterocycles. The topological polar surface area (TPSA) is 113 Å². The number of nitrogens with two attached hydrogens (primary N) is 1. The van der Waals surface area contributed by atoms with Gasteiger partial charge in [0, 0.05) is 5.56 Å². The summed E-state index contributed by atoms with van der Waals surface area (Å²) in [6.07, 6.45) is -3.06. The van der Waals surface area contributed by atoms with Gasteiger partial charge in [0.15, 0.2) is 5.84 Å². The largest absolute Gasteiger partial charge is 0.486 e. The van der Waals surface area contributed by atoms with Crippen molar-refractivity contribution in [2.24, 2.45) is 21.6 Å². The first-order valence-electron chi connectivity index (χ1n) is 13.2. The first-order valence-corrected chi connectivity index (χ1v) is 13.2. The van der Waals surface area contributed by atoms with E-state index in [1.54, 1.807) is 12.1 Å². The molecule has 0 aliphatic carbocycles. The molecule has 218 valence electrons. The molecule has 0 fully saturated rings. The minimum Gasteiger partial charge on any atom is -0.486 e. The van der Waals surface area contributed by atoms with E-state index in [-0.39, 0.29) is 29.8 Å². The number of halogens is 3. The van der Waals surface area contributed by atoms with Gasteiger partial charge >= 0.3 is 6.18 Å².